The molecule has 0 saturated carbocycles. The molecule has 2 aliphatic carbocycles. The Bertz CT molecular complexity index is 4590. The number of hydrogen-bond donors (Lipinski definition) is 2. The van der Waals surface area contributed by atoms with Crippen LogP contribution < -0.4 is 28.7 Å². The minimum Gasteiger partial charge on any atom is -0.508 e. The Morgan fingerprint density at radius 3 is 1.29 bits per heavy atom. The van der Waals surface area contributed by atoms with E-state index in [2.05, 4.69) is 109 Å². The molecule has 0 aromatic heterocycles. The third-order valence-corrected chi connectivity index (χ3v) is 16.9. The van der Waals surface area contributed by atoms with Crippen molar-refractivity contribution in [2.24, 2.45) is 0 Å². The summed E-state index contributed by atoms with van der Waals surface area (Å²) in [5.41, 5.74) is 4.89. The zero-order valence-electron chi connectivity index (χ0n) is 37.8. The number of rotatable bonds is 3. The first-order valence-corrected chi connectivity index (χ1v) is 24.2. The molecule has 0 spiro atoms. The number of fused-ring (bicyclic) bond motifs is 12. The maximum Gasteiger partial charge on any atom is 0.296 e. The lowest BCUT2D eigenvalue weighted by atomic mass is 9.66. The quantitative estimate of drug-likeness (QED) is 0.134. The molecule has 8 nitrogen and oxygen atoms in total. The average molecular weight is 931 g/mol. The van der Waals surface area contributed by atoms with Gasteiger partial charge in [0.2, 0.25) is 11.2 Å². The molecule has 0 saturated heterocycles. The van der Waals surface area contributed by atoms with Gasteiger partial charge in [-0.2, -0.15) is 0 Å². The molecule has 0 amide bonds. The van der Waals surface area contributed by atoms with Crippen molar-refractivity contribution < 1.29 is 38.9 Å². The van der Waals surface area contributed by atoms with E-state index >= 15 is 0 Å². The molecule has 4 aliphatic heterocycles. The van der Waals surface area contributed by atoms with Crippen LogP contribution in [0.4, 0.5) is 0 Å². The topological polar surface area (TPSA) is 95.8 Å². The zero-order valence-corrected chi connectivity index (χ0v) is 37.8. The van der Waals surface area contributed by atoms with Gasteiger partial charge in [0.15, 0.2) is 11.5 Å². The van der Waals surface area contributed by atoms with Crippen LogP contribution in [0.15, 0.2) is 194 Å². The molecule has 0 fully saturated rings. The highest BCUT2D eigenvalue weighted by atomic mass is 17.2. The van der Waals surface area contributed by atoms with Gasteiger partial charge in [0.1, 0.15) is 39.9 Å². The van der Waals surface area contributed by atoms with Crippen molar-refractivity contribution in [3.05, 3.63) is 239 Å². The van der Waals surface area contributed by atoms with E-state index in [4.69, 9.17) is 28.7 Å². The zero-order chi connectivity index (χ0) is 47.0. The first-order valence-electron chi connectivity index (χ1n) is 24.2. The molecule has 72 heavy (non-hydrogen) atoms. The second-order valence-corrected chi connectivity index (χ2v) is 20.1. The lowest BCUT2D eigenvalue weighted by Gasteiger charge is -2.34. The van der Waals surface area contributed by atoms with Crippen molar-refractivity contribution >= 4 is 64.6 Å². The van der Waals surface area contributed by atoms with E-state index in [-0.39, 0.29) is 11.5 Å². The van der Waals surface area contributed by atoms with Crippen LogP contribution in [0.2, 0.25) is 0 Å². The normalized spacial score (nSPS) is 22.4. The van der Waals surface area contributed by atoms with Crippen molar-refractivity contribution in [2.45, 2.75) is 22.4 Å². The van der Waals surface area contributed by atoms with E-state index in [1.807, 2.05) is 66.7 Å². The Balaban J connectivity index is 0.800. The highest BCUT2D eigenvalue weighted by Crippen LogP contribution is 2.75. The molecule has 6 aliphatic rings. The first kappa shape index (κ1) is 37.5. The Labute approximate surface area is 408 Å². The second-order valence-electron chi connectivity index (χ2n) is 20.1. The smallest absolute Gasteiger partial charge is 0.296 e. The van der Waals surface area contributed by atoms with E-state index < -0.39 is 22.4 Å². The van der Waals surface area contributed by atoms with Gasteiger partial charge in [-0.1, -0.05) is 121 Å². The Morgan fingerprint density at radius 2 is 0.736 bits per heavy atom. The van der Waals surface area contributed by atoms with Gasteiger partial charge in [-0.3, -0.25) is 9.78 Å². The molecule has 12 aromatic rings. The van der Waals surface area contributed by atoms with Gasteiger partial charge in [0.05, 0.1) is 11.1 Å². The number of benzene rings is 12. The molecule has 18 rings (SSSR count). The van der Waals surface area contributed by atoms with Crippen LogP contribution in [0.25, 0.3) is 64.6 Å². The summed E-state index contributed by atoms with van der Waals surface area (Å²) < 4.78 is 29.5. The number of phenolic OH excluding ortho intramolecular Hbond substituents is 2. The van der Waals surface area contributed by atoms with Crippen LogP contribution in [0.3, 0.4) is 0 Å². The number of hydrogen-bond acceptors (Lipinski definition) is 8. The van der Waals surface area contributed by atoms with Crippen molar-refractivity contribution in [1.82, 2.24) is 0 Å². The van der Waals surface area contributed by atoms with E-state index in [1.54, 1.807) is 18.2 Å². The molecule has 12 aromatic carbocycles. The van der Waals surface area contributed by atoms with E-state index in [0.717, 1.165) is 132 Å². The van der Waals surface area contributed by atoms with Crippen LogP contribution in [-0.4, -0.2) is 10.2 Å². The predicted octanol–water partition coefficient (Wildman–Crippen LogP) is 14.0. The predicted molar refractivity (Wildman–Crippen MR) is 274 cm³/mol. The SMILES string of the molecule is Oc1ccc2c3c(ccc2c1)OC12c4c(ccc5ccc(OOc6ccc7ccc8c(c7c6)C67c9c(ccc%10cc(O)ccc9%10)OC6(O8)c6cccc8cccc7c68)cc45)OC31c1cccc3cccc2c13. The summed E-state index contributed by atoms with van der Waals surface area (Å²) in [7, 11) is 0. The lowest BCUT2D eigenvalue weighted by Crippen LogP contribution is -2.47. The first-order chi connectivity index (χ1) is 35.4. The lowest BCUT2D eigenvalue weighted by molar-refractivity contribution is -0.113. The van der Waals surface area contributed by atoms with E-state index in [9.17, 15) is 10.2 Å². The summed E-state index contributed by atoms with van der Waals surface area (Å²) in [4.78, 5) is 12.8. The van der Waals surface area contributed by atoms with Gasteiger partial charge in [0.25, 0.3) is 5.79 Å². The second kappa shape index (κ2) is 12.1. The summed E-state index contributed by atoms with van der Waals surface area (Å²) in [5, 5.41) is 33.3. The molecule has 4 unspecified atom stereocenters. The molecule has 338 valence electrons. The van der Waals surface area contributed by atoms with E-state index in [1.165, 1.54) is 0 Å². The number of ether oxygens (including phenoxy) is 4. The maximum absolute atomic E-state index is 10.7. The van der Waals surface area contributed by atoms with Gasteiger partial charge in [-0.05, 0) is 143 Å². The molecule has 0 bridgehead atoms. The summed E-state index contributed by atoms with van der Waals surface area (Å²) in [5.74, 6) is 3.10. The third kappa shape index (κ3) is 3.94. The Hall–Kier alpha value is -9.40. The van der Waals surface area contributed by atoms with Gasteiger partial charge in [-0.15, -0.1) is 0 Å². The summed E-state index contributed by atoms with van der Waals surface area (Å²) in [6, 6.07) is 65.1. The molecular weight excluding hydrogens is 897 g/mol. The van der Waals surface area contributed by atoms with E-state index in [0.29, 0.717) is 11.5 Å². The van der Waals surface area contributed by atoms with Crippen molar-refractivity contribution in [3.63, 3.8) is 0 Å². The van der Waals surface area contributed by atoms with Crippen LogP contribution in [0.5, 0.6) is 46.0 Å². The summed E-state index contributed by atoms with van der Waals surface area (Å²) in [6.45, 7) is 0. The Kier molecular flexibility index (Phi) is 6.31. The molecule has 4 heterocycles. The van der Waals surface area contributed by atoms with Crippen LogP contribution in [-0.2, 0) is 22.4 Å². The average Bonchev–Trinajstić information content (AvgIpc) is 4.18. The van der Waals surface area contributed by atoms with Crippen molar-refractivity contribution in [1.29, 1.82) is 0 Å². The standard InChI is InChI=1S/C64H34O8/c65-39-19-23-43-37(29-39)17-27-51-57(43)61-47-9-1-5-35-8-4-12-50(55(35)47)64(61,69-51)70-52-25-15-33-13-21-41(31-45(33)58(52)61)71-72-42-22-14-34-16-26-54-60(46(34)32-42)63-49-11-3-7-36-6-2-10-48(56(36)49)62(63,68-54)59-44-24-20-40(66)30-38(44)18-28-53(59)67-63/h1-32,65-66H. The molecule has 0 radical (unpaired) electrons. The van der Waals surface area contributed by atoms with Gasteiger partial charge < -0.3 is 29.2 Å². The summed E-state index contributed by atoms with van der Waals surface area (Å²) >= 11 is 0. The van der Waals surface area contributed by atoms with Crippen molar-refractivity contribution in [2.75, 3.05) is 0 Å². The fourth-order valence-corrected chi connectivity index (χ4v) is 14.4. The number of phenols is 2. The minimum absolute atomic E-state index is 0.199. The van der Waals surface area contributed by atoms with Crippen LogP contribution in [0, 0.1) is 0 Å². The minimum atomic E-state index is -1.23. The number of aromatic hydroxyl groups is 2. The monoisotopic (exact) mass is 930 g/mol. The summed E-state index contributed by atoms with van der Waals surface area (Å²) in [6.07, 6.45) is 0. The maximum atomic E-state index is 10.7. The highest BCUT2D eigenvalue weighted by molar-refractivity contribution is 6.06. The van der Waals surface area contributed by atoms with Gasteiger partial charge in [-0.25, -0.2) is 0 Å². The fourth-order valence-electron chi connectivity index (χ4n) is 14.4. The van der Waals surface area contributed by atoms with Crippen LogP contribution in [0.1, 0.15) is 44.5 Å². The molecule has 2 N–H and O–H groups in total. The Morgan fingerprint density at radius 1 is 0.319 bits per heavy atom. The highest BCUT2D eigenvalue weighted by Gasteiger charge is 2.76. The molecule has 4 atom stereocenters. The fraction of sp³-hybridized carbons (Fsp3) is 0.0625. The molecular formula is C64H34O8. The van der Waals surface area contributed by atoms with Gasteiger partial charge >= 0.3 is 0 Å². The van der Waals surface area contributed by atoms with Crippen molar-refractivity contribution in [3.8, 4) is 46.0 Å². The third-order valence-electron chi connectivity index (χ3n) is 16.9. The molecule has 8 heteroatoms. The largest absolute Gasteiger partial charge is 0.508 e. The van der Waals surface area contributed by atoms with Gasteiger partial charge in [0, 0.05) is 27.8 Å². The van der Waals surface area contributed by atoms with Crippen LogP contribution >= 0.6 is 0 Å².